The highest BCUT2D eigenvalue weighted by atomic mass is 19.1. The van der Waals surface area contributed by atoms with Crippen LogP contribution in [0.25, 0.3) is 0 Å². The number of pyridine rings is 1. The third-order valence-corrected chi connectivity index (χ3v) is 2.96. The summed E-state index contributed by atoms with van der Waals surface area (Å²) in [6.07, 6.45) is 7.93. The van der Waals surface area contributed by atoms with Crippen molar-refractivity contribution in [1.82, 2.24) is 10.3 Å². The molecular formula is C14H19FN2O. The summed E-state index contributed by atoms with van der Waals surface area (Å²) in [5.74, 6) is 0.543. The molecule has 0 fully saturated rings. The average Bonchev–Trinajstić information content (AvgIpc) is 2.42. The molecule has 4 heteroatoms. The number of hydrogen-bond acceptors (Lipinski definition) is 3. The van der Waals surface area contributed by atoms with E-state index in [0.717, 1.165) is 31.6 Å². The Balaban J connectivity index is 2.24. The van der Waals surface area contributed by atoms with Gasteiger partial charge in [-0.1, -0.05) is 6.92 Å². The summed E-state index contributed by atoms with van der Waals surface area (Å²) in [6.45, 7) is 3.62. The molecule has 0 amide bonds. The standard InChI is InChI=1S/C14H19FN2O/c1-2-7-17-14(13-5-3-4-9-18-13)11-6-8-16-10-12(11)15/h5-6,8,10,14,17H,2-4,7,9H2,1H3. The van der Waals surface area contributed by atoms with Crippen LogP contribution in [0.1, 0.15) is 37.8 Å². The molecule has 1 aromatic rings. The second-order valence-corrected chi connectivity index (χ2v) is 4.38. The van der Waals surface area contributed by atoms with Crippen LogP contribution in [0, 0.1) is 5.82 Å². The fourth-order valence-corrected chi connectivity index (χ4v) is 2.05. The van der Waals surface area contributed by atoms with Gasteiger partial charge in [-0.05, 0) is 37.9 Å². The molecule has 1 atom stereocenters. The van der Waals surface area contributed by atoms with E-state index in [4.69, 9.17) is 4.74 Å². The Kier molecular flexibility index (Phi) is 4.70. The summed E-state index contributed by atoms with van der Waals surface area (Å²) in [6, 6.07) is 1.51. The quantitative estimate of drug-likeness (QED) is 0.872. The molecule has 0 radical (unpaired) electrons. The van der Waals surface area contributed by atoms with Crippen molar-refractivity contribution in [1.29, 1.82) is 0 Å². The van der Waals surface area contributed by atoms with Gasteiger partial charge in [0.1, 0.15) is 11.6 Å². The smallest absolute Gasteiger partial charge is 0.146 e. The van der Waals surface area contributed by atoms with E-state index in [1.165, 1.54) is 6.20 Å². The summed E-state index contributed by atoms with van der Waals surface area (Å²) in [4.78, 5) is 3.79. The highest BCUT2D eigenvalue weighted by Gasteiger charge is 2.22. The Hall–Kier alpha value is -1.42. The second kappa shape index (κ2) is 6.50. The molecule has 1 N–H and O–H groups in total. The maximum absolute atomic E-state index is 13.8. The molecule has 0 bridgehead atoms. The van der Waals surface area contributed by atoms with Crippen molar-refractivity contribution in [2.24, 2.45) is 0 Å². The summed E-state index contributed by atoms with van der Waals surface area (Å²) in [7, 11) is 0. The molecule has 18 heavy (non-hydrogen) atoms. The fraction of sp³-hybridized carbons (Fsp3) is 0.500. The predicted molar refractivity (Wildman–Crippen MR) is 68.5 cm³/mol. The van der Waals surface area contributed by atoms with Crippen LogP contribution >= 0.6 is 0 Å². The highest BCUT2D eigenvalue weighted by Crippen LogP contribution is 2.27. The Morgan fingerprint density at radius 3 is 3.11 bits per heavy atom. The van der Waals surface area contributed by atoms with E-state index in [1.54, 1.807) is 12.3 Å². The van der Waals surface area contributed by atoms with E-state index in [2.05, 4.69) is 23.3 Å². The Morgan fingerprint density at radius 1 is 1.56 bits per heavy atom. The number of ether oxygens (including phenoxy) is 1. The third kappa shape index (κ3) is 3.07. The number of allylic oxidation sites excluding steroid dienone is 1. The zero-order valence-corrected chi connectivity index (χ0v) is 10.7. The van der Waals surface area contributed by atoms with Gasteiger partial charge in [0.15, 0.2) is 0 Å². The predicted octanol–water partition coefficient (Wildman–Crippen LogP) is 2.96. The molecule has 2 heterocycles. The zero-order valence-electron chi connectivity index (χ0n) is 10.7. The lowest BCUT2D eigenvalue weighted by molar-refractivity contribution is 0.166. The van der Waals surface area contributed by atoms with Crippen molar-refractivity contribution in [2.75, 3.05) is 13.2 Å². The topological polar surface area (TPSA) is 34.1 Å². The lowest BCUT2D eigenvalue weighted by Crippen LogP contribution is -2.27. The van der Waals surface area contributed by atoms with Gasteiger partial charge in [0.2, 0.25) is 0 Å². The van der Waals surface area contributed by atoms with Gasteiger partial charge >= 0.3 is 0 Å². The van der Waals surface area contributed by atoms with Crippen molar-refractivity contribution in [3.05, 3.63) is 41.7 Å². The van der Waals surface area contributed by atoms with Gasteiger partial charge in [-0.25, -0.2) is 4.39 Å². The number of halogens is 1. The molecule has 98 valence electrons. The van der Waals surface area contributed by atoms with Crippen LogP contribution in [0.3, 0.4) is 0 Å². The molecule has 1 unspecified atom stereocenters. The molecule has 1 aliphatic heterocycles. The molecule has 0 aliphatic carbocycles. The van der Waals surface area contributed by atoms with Crippen LogP contribution in [0.5, 0.6) is 0 Å². The Bertz CT molecular complexity index is 420. The minimum absolute atomic E-state index is 0.201. The molecule has 0 saturated carbocycles. The second-order valence-electron chi connectivity index (χ2n) is 4.38. The van der Waals surface area contributed by atoms with Gasteiger partial charge in [0, 0.05) is 11.8 Å². The van der Waals surface area contributed by atoms with Gasteiger partial charge in [-0.15, -0.1) is 0 Å². The van der Waals surface area contributed by atoms with Crippen molar-refractivity contribution in [2.45, 2.75) is 32.2 Å². The van der Waals surface area contributed by atoms with Crippen LogP contribution in [0.2, 0.25) is 0 Å². The molecule has 0 aromatic carbocycles. The number of rotatable bonds is 5. The van der Waals surface area contributed by atoms with Crippen LogP contribution in [-0.2, 0) is 4.74 Å². The molecular weight excluding hydrogens is 231 g/mol. The first-order valence-electron chi connectivity index (χ1n) is 6.48. The third-order valence-electron chi connectivity index (χ3n) is 2.96. The van der Waals surface area contributed by atoms with E-state index in [9.17, 15) is 4.39 Å². The first kappa shape index (κ1) is 13.0. The van der Waals surface area contributed by atoms with Gasteiger partial charge in [-0.3, -0.25) is 4.98 Å². The summed E-state index contributed by atoms with van der Waals surface area (Å²) >= 11 is 0. The van der Waals surface area contributed by atoms with Crippen molar-refractivity contribution < 1.29 is 9.13 Å². The number of aromatic nitrogens is 1. The molecule has 0 saturated heterocycles. The van der Waals surface area contributed by atoms with E-state index in [1.807, 2.05) is 0 Å². The van der Waals surface area contributed by atoms with Gasteiger partial charge in [0.05, 0.1) is 18.8 Å². The summed E-state index contributed by atoms with van der Waals surface area (Å²) in [5, 5.41) is 3.34. The largest absolute Gasteiger partial charge is 0.496 e. The molecule has 0 spiro atoms. The van der Waals surface area contributed by atoms with Crippen molar-refractivity contribution in [3.8, 4) is 0 Å². The van der Waals surface area contributed by atoms with E-state index < -0.39 is 0 Å². The first-order valence-corrected chi connectivity index (χ1v) is 6.48. The van der Waals surface area contributed by atoms with E-state index in [-0.39, 0.29) is 11.9 Å². The van der Waals surface area contributed by atoms with Crippen LogP contribution < -0.4 is 5.32 Å². The Morgan fingerprint density at radius 2 is 2.44 bits per heavy atom. The average molecular weight is 250 g/mol. The fourth-order valence-electron chi connectivity index (χ4n) is 2.05. The van der Waals surface area contributed by atoms with E-state index in [0.29, 0.717) is 12.2 Å². The van der Waals surface area contributed by atoms with Crippen molar-refractivity contribution >= 4 is 0 Å². The number of nitrogens with zero attached hydrogens (tertiary/aromatic N) is 1. The number of nitrogens with one attached hydrogen (secondary N) is 1. The SMILES string of the molecule is CCCNC(C1=CCCCO1)c1ccncc1F. The maximum atomic E-state index is 13.8. The van der Waals surface area contributed by atoms with Crippen molar-refractivity contribution in [3.63, 3.8) is 0 Å². The monoisotopic (exact) mass is 250 g/mol. The summed E-state index contributed by atoms with van der Waals surface area (Å²) < 4.78 is 19.5. The van der Waals surface area contributed by atoms with Crippen LogP contribution in [-0.4, -0.2) is 18.1 Å². The normalized spacial score (nSPS) is 16.9. The molecule has 3 nitrogen and oxygen atoms in total. The van der Waals surface area contributed by atoms with Crippen LogP contribution in [0.4, 0.5) is 4.39 Å². The molecule has 2 rings (SSSR count). The minimum Gasteiger partial charge on any atom is -0.496 e. The lowest BCUT2D eigenvalue weighted by atomic mass is 10.0. The first-order chi connectivity index (χ1) is 8.83. The van der Waals surface area contributed by atoms with Gasteiger partial charge in [-0.2, -0.15) is 0 Å². The Labute approximate surface area is 107 Å². The number of hydrogen-bond donors (Lipinski definition) is 1. The highest BCUT2D eigenvalue weighted by molar-refractivity contribution is 5.25. The van der Waals surface area contributed by atoms with Crippen LogP contribution in [0.15, 0.2) is 30.3 Å². The molecule has 1 aliphatic rings. The maximum Gasteiger partial charge on any atom is 0.146 e. The summed E-state index contributed by atoms with van der Waals surface area (Å²) in [5.41, 5.74) is 0.603. The van der Waals surface area contributed by atoms with Gasteiger partial charge in [0.25, 0.3) is 0 Å². The van der Waals surface area contributed by atoms with Gasteiger partial charge < -0.3 is 10.1 Å². The van der Waals surface area contributed by atoms with E-state index >= 15 is 0 Å². The zero-order chi connectivity index (χ0) is 12.8. The minimum atomic E-state index is -0.291. The molecule has 1 aromatic heterocycles. The lowest BCUT2D eigenvalue weighted by Gasteiger charge is -2.25.